The summed E-state index contributed by atoms with van der Waals surface area (Å²) in [6, 6.07) is 0. The fraction of sp³-hybridized carbons (Fsp3) is 0. The van der Waals surface area contributed by atoms with Gasteiger partial charge in [-0.3, -0.25) is 0 Å². The summed E-state index contributed by atoms with van der Waals surface area (Å²) in [7, 11) is 0. The van der Waals surface area contributed by atoms with Gasteiger partial charge in [0.25, 0.3) is 0 Å². The first kappa shape index (κ1) is 8090. The van der Waals surface area contributed by atoms with Crippen LogP contribution in [0.2, 0.25) is 0 Å². The zero-order chi connectivity index (χ0) is 0. The van der Waals surface area contributed by atoms with Crippen LogP contribution in [0.5, 0.6) is 0 Å². The Kier molecular flexibility index (Phi) is 3740000. The van der Waals surface area contributed by atoms with Gasteiger partial charge in [-0.1, -0.05) is 0 Å². The molecule has 0 radical (unpaired) electrons. The normalized spacial score (nSPS) is 0. The number of halogens is 1. The van der Waals surface area contributed by atoms with Gasteiger partial charge in [-0.15, -0.1) is 12.4 Å². The molecule has 0 heterocycles. The van der Waals surface area contributed by atoms with E-state index < -0.39 is 0 Å². The smallest absolute Gasteiger partial charge is 1.00 e. The minimum atomic E-state index is 0. The molecule has 0 aliphatic rings. The van der Waals surface area contributed by atoms with Gasteiger partial charge in [0.05, 0.1) is 0 Å². The average molecular weight is 279 g/mol. The molecule has 0 aromatic rings. The van der Waals surface area contributed by atoms with Gasteiger partial charge in [-0.05, 0) is 0 Å². The maximum absolute atomic E-state index is 0. The van der Waals surface area contributed by atoms with Gasteiger partial charge < -0.3 is 68.6 Å². The van der Waals surface area contributed by atoms with Crippen LogP contribution in [0.15, 0.2) is 0 Å². The van der Waals surface area contributed by atoms with Crippen molar-refractivity contribution in [2.45, 2.75) is 0 Å². The summed E-state index contributed by atoms with van der Waals surface area (Å²) < 4.78 is 0. The fourth-order valence-electron chi connectivity index (χ4n) is 0. The van der Waals surface area contributed by atoms with Crippen LogP contribution in [-0.2, 0) is 0 Å². The Morgan fingerprint density at radius 3 is 0.286 bits per heavy atom. The van der Waals surface area contributed by atoms with E-state index in [0.717, 1.165) is 0 Å². The first-order valence-electron chi connectivity index (χ1n) is 0. The van der Waals surface area contributed by atoms with Crippen molar-refractivity contribution in [3.8, 4) is 0 Å². The van der Waals surface area contributed by atoms with E-state index in [-0.39, 0.29) is 104 Å². The second-order valence-corrected chi connectivity index (χ2v) is 0. The van der Waals surface area contributed by atoms with Crippen molar-refractivity contribution in [2.75, 3.05) is 0 Å². The number of rotatable bonds is 0. The summed E-state index contributed by atoms with van der Waals surface area (Å²) >= 11 is 0. The average Bonchev–Trinajstić information content (AvgIpc) is 0. The summed E-state index contributed by atoms with van der Waals surface area (Å²) in [4.78, 5) is 0. The Balaban J connectivity index is 0. The topological polar surface area (TPSA) is 378 Å². The first-order chi connectivity index (χ1) is 0. The second-order valence-electron chi connectivity index (χ2n) is 0. The molecule has 0 aromatic carbocycles. The van der Waals surface area contributed by atoms with E-state index in [1.807, 2.05) is 0 Å². The molecule has 14 heteroatoms. The third kappa shape index (κ3) is 5080. The van der Waals surface area contributed by atoms with Crippen LogP contribution in [-0.4, -0.2) is 88.8 Å². The molecule has 0 unspecified atom stereocenters. The van der Waals surface area contributed by atoms with Crippen molar-refractivity contribution < 1.29 is 68.6 Å². The summed E-state index contributed by atoms with van der Waals surface area (Å²) in [5, 5.41) is 0. The molecule has 0 aromatic heterocycles. The molecule has 0 atom stereocenters. The Morgan fingerprint density at radius 1 is 0.286 bits per heavy atom. The van der Waals surface area contributed by atoms with E-state index in [2.05, 4.69) is 0 Å². The summed E-state index contributed by atoms with van der Waals surface area (Å²) in [5.41, 5.74) is 0. The zero-order valence-corrected chi connectivity index (χ0v) is 9.35. The van der Waals surface area contributed by atoms with Crippen LogP contribution in [0.3, 0.4) is 0 Å². The minimum Gasteiger partial charge on any atom is -1.00 e. The standard InChI is InChI=1S/ClH.Mg.12H2O.2H/h1H;;12*1H2;;/q;+2;;;;;;;;;;;;;2*-1. The monoisotopic (exact) mass is 278 g/mol. The van der Waals surface area contributed by atoms with Gasteiger partial charge in [-0.2, -0.15) is 0 Å². The van der Waals surface area contributed by atoms with E-state index in [4.69, 9.17) is 0 Å². The molecule has 0 aliphatic carbocycles. The summed E-state index contributed by atoms with van der Waals surface area (Å²) in [5.74, 6) is 0. The van der Waals surface area contributed by atoms with Gasteiger partial charge in [0, 0.05) is 0 Å². The van der Waals surface area contributed by atoms with Crippen molar-refractivity contribution >= 4 is 35.5 Å². The molecule has 0 aliphatic heterocycles. The van der Waals surface area contributed by atoms with Crippen LogP contribution >= 0.6 is 12.4 Å². The van der Waals surface area contributed by atoms with E-state index in [1.165, 1.54) is 0 Å². The van der Waals surface area contributed by atoms with Crippen LogP contribution in [0.1, 0.15) is 2.85 Å². The summed E-state index contributed by atoms with van der Waals surface area (Å²) in [6.07, 6.45) is 0. The van der Waals surface area contributed by atoms with Gasteiger partial charge >= 0.3 is 23.1 Å². The van der Waals surface area contributed by atoms with Gasteiger partial charge in [-0.25, -0.2) is 0 Å². The van der Waals surface area contributed by atoms with Crippen LogP contribution < -0.4 is 0 Å². The second kappa shape index (κ2) is 6470. The van der Waals surface area contributed by atoms with Crippen molar-refractivity contribution in [1.29, 1.82) is 0 Å². The Hall–Kier alpha value is 0.576. The summed E-state index contributed by atoms with van der Waals surface area (Å²) in [6.45, 7) is 0. The van der Waals surface area contributed by atoms with Gasteiger partial charge in [0.15, 0.2) is 0 Å². The van der Waals surface area contributed by atoms with Crippen LogP contribution in [0.25, 0.3) is 0 Å². The minimum absolute atomic E-state index is 0. The van der Waals surface area contributed by atoms with E-state index in [1.54, 1.807) is 0 Å². The molecule has 14 heavy (non-hydrogen) atoms. The van der Waals surface area contributed by atoms with Gasteiger partial charge in [0.1, 0.15) is 0 Å². The molecule has 12 nitrogen and oxygen atoms in total. The van der Waals surface area contributed by atoms with Crippen molar-refractivity contribution in [1.82, 2.24) is 0 Å². The molecule has 108 valence electrons. The molecule has 0 amide bonds. The van der Waals surface area contributed by atoms with E-state index in [9.17, 15) is 0 Å². The maximum atomic E-state index is 0. The fourth-order valence-corrected chi connectivity index (χ4v) is 0. The molecule has 0 saturated carbocycles. The van der Waals surface area contributed by atoms with Gasteiger partial charge in [0.2, 0.25) is 0 Å². The Bertz CT molecular complexity index is 19.0. The van der Waals surface area contributed by atoms with Crippen molar-refractivity contribution in [2.24, 2.45) is 0 Å². The number of hydrogen-bond acceptors (Lipinski definition) is 0. The predicted octanol–water partition coefficient (Wildman–Crippen LogP) is -9.63. The maximum Gasteiger partial charge on any atom is 2.00 e. The molecular formula is H27ClMgO12. The van der Waals surface area contributed by atoms with Crippen molar-refractivity contribution in [3.05, 3.63) is 0 Å². The van der Waals surface area contributed by atoms with Crippen LogP contribution in [0, 0.1) is 0 Å². The molecule has 0 bridgehead atoms. The molecule has 0 fully saturated rings. The molecule has 0 spiro atoms. The molecule has 0 saturated heterocycles. The SMILES string of the molecule is Cl.O.O.O.O.O.O.O.O.O.O.O.O.[H-].[H-].[Mg+2]. The molecule has 0 rings (SSSR count). The quantitative estimate of drug-likeness (QED) is 0.372. The zero-order valence-electron chi connectivity index (χ0n) is 9.12. The Morgan fingerprint density at radius 2 is 0.286 bits per heavy atom. The first-order valence-corrected chi connectivity index (χ1v) is 0. The molecular weight excluding hydrogens is 252 g/mol. The van der Waals surface area contributed by atoms with Crippen LogP contribution in [0.4, 0.5) is 0 Å². The van der Waals surface area contributed by atoms with Crippen molar-refractivity contribution in [3.63, 3.8) is 0 Å². The molecule has 24 N–H and O–H groups in total. The van der Waals surface area contributed by atoms with E-state index >= 15 is 0 Å². The predicted molar refractivity (Wildman–Crippen MR) is 58.6 cm³/mol. The third-order valence-corrected chi connectivity index (χ3v) is 0. The Labute approximate surface area is 105 Å². The third-order valence-electron chi connectivity index (χ3n) is 0. The van der Waals surface area contributed by atoms with E-state index in [0.29, 0.717) is 0 Å². The number of hydrogen-bond donors (Lipinski definition) is 0. The largest absolute Gasteiger partial charge is 2.00 e.